The zero-order valence-electron chi connectivity index (χ0n) is 27.4. The van der Waals surface area contributed by atoms with Gasteiger partial charge >= 0.3 is 0 Å². The zero-order valence-corrected chi connectivity index (χ0v) is 29.3. The molecule has 0 unspecified atom stereocenters. The summed E-state index contributed by atoms with van der Waals surface area (Å²) in [7, 11) is 0.604. The number of benzene rings is 3. The molecule has 0 aromatic heterocycles. The van der Waals surface area contributed by atoms with E-state index >= 15 is 0 Å². The summed E-state index contributed by atoms with van der Waals surface area (Å²) in [5.74, 6) is 1.57. The fraction of sp³-hybridized carbons (Fsp3) is 0.486. The molecule has 1 fully saturated rings. The van der Waals surface area contributed by atoms with Crippen molar-refractivity contribution in [2.24, 2.45) is 0 Å². The van der Waals surface area contributed by atoms with Gasteiger partial charge in [-0.05, 0) is 79.3 Å². The van der Waals surface area contributed by atoms with Gasteiger partial charge in [0, 0.05) is 8.15 Å². The van der Waals surface area contributed by atoms with E-state index in [2.05, 4.69) is 90.5 Å². The van der Waals surface area contributed by atoms with Crippen molar-refractivity contribution in [3.8, 4) is 11.5 Å². The van der Waals surface area contributed by atoms with Gasteiger partial charge in [0.15, 0.2) is 8.32 Å². The van der Waals surface area contributed by atoms with Gasteiger partial charge in [-0.3, -0.25) is 0 Å². The molecule has 0 spiro atoms. The predicted octanol–water partition coefficient (Wildman–Crippen LogP) is 8.23. The monoisotopic (exact) mass is 624 g/mol. The molecule has 1 aliphatic rings. The first-order valence-electron chi connectivity index (χ1n) is 15.0. The van der Waals surface area contributed by atoms with Crippen LogP contribution in [0.25, 0.3) is 0 Å². The van der Waals surface area contributed by atoms with Gasteiger partial charge in [0.2, 0.25) is 0 Å². The quantitative estimate of drug-likeness (QED) is 0.115. The van der Waals surface area contributed by atoms with Crippen molar-refractivity contribution in [3.63, 3.8) is 0 Å². The third-order valence-corrected chi connectivity index (χ3v) is 13.9. The Hall–Kier alpha value is -2.25. The van der Waals surface area contributed by atoms with Crippen LogP contribution in [0.4, 0.5) is 0 Å². The summed E-state index contributed by atoms with van der Waals surface area (Å²) in [5, 5.41) is 0.0697. The van der Waals surface area contributed by atoms with Crippen molar-refractivity contribution >= 4 is 16.5 Å². The van der Waals surface area contributed by atoms with Gasteiger partial charge in [-0.15, -0.1) is 0 Å². The summed E-state index contributed by atoms with van der Waals surface area (Å²) in [6.45, 7) is 18.0. The van der Waals surface area contributed by atoms with Crippen molar-refractivity contribution in [3.05, 3.63) is 95.6 Å². The fourth-order valence-corrected chi connectivity index (χ4v) is 7.48. The zero-order chi connectivity index (χ0) is 31.4. The predicted molar refractivity (Wildman–Crippen MR) is 178 cm³/mol. The Labute approximate surface area is 261 Å². The topological polar surface area (TPSA) is 55.4 Å². The van der Waals surface area contributed by atoms with Crippen LogP contribution in [-0.4, -0.2) is 66.9 Å². The second-order valence-corrected chi connectivity index (χ2v) is 19.5. The molecular weight excluding hydrogens is 575 g/mol. The molecule has 0 aliphatic carbocycles. The summed E-state index contributed by atoms with van der Waals surface area (Å²) < 4.78 is 38.4. The molecule has 1 saturated heterocycles. The third-order valence-electron chi connectivity index (χ3n) is 8.75. The van der Waals surface area contributed by atoms with Gasteiger partial charge in [0.05, 0.1) is 26.9 Å². The maximum atomic E-state index is 7.20. The van der Waals surface area contributed by atoms with Crippen molar-refractivity contribution in [2.75, 3.05) is 34.2 Å². The largest absolute Gasteiger partial charge is 0.497 e. The molecule has 0 amide bonds. The molecule has 0 bridgehead atoms. The number of hydrogen-bond donors (Lipinski definition) is 0. The van der Waals surface area contributed by atoms with E-state index in [0.717, 1.165) is 28.2 Å². The van der Waals surface area contributed by atoms with Crippen LogP contribution in [0.3, 0.4) is 0 Å². The molecule has 3 aromatic rings. The molecule has 6 nitrogen and oxygen atoms in total. The Morgan fingerprint density at radius 3 is 1.67 bits per heavy atom. The van der Waals surface area contributed by atoms with E-state index in [1.165, 1.54) is 0 Å². The van der Waals surface area contributed by atoms with Crippen LogP contribution in [0.1, 0.15) is 44.4 Å². The molecule has 1 aliphatic heterocycles. The van der Waals surface area contributed by atoms with Crippen LogP contribution >= 0.6 is 8.15 Å². The lowest BCUT2D eigenvalue weighted by Gasteiger charge is -2.41. The minimum absolute atomic E-state index is 0.0697. The lowest BCUT2D eigenvalue weighted by molar-refractivity contribution is -0.0753. The maximum absolute atomic E-state index is 7.20. The Bertz CT molecular complexity index is 1240. The third kappa shape index (κ3) is 7.36. The smallest absolute Gasteiger partial charge is 0.192 e. The van der Waals surface area contributed by atoms with E-state index in [0.29, 0.717) is 6.61 Å². The number of rotatable bonds is 12. The van der Waals surface area contributed by atoms with Gasteiger partial charge in [-0.2, -0.15) is 0 Å². The summed E-state index contributed by atoms with van der Waals surface area (Å²) in [4.78, 5) is 0. The minimum Gasteiger partial charge on any atom is -0.497 e. The first kappa shape index (κ1) is 33.6. The Kier molecular flexibility index (Phi) is 10.8. The highest BCUT2D eigenvalue weighted by molar-refractivity contribution is 7.50. The van der Waals surface area contributed by atoms with Crippen LogP contribution < -0.4 is 9.47 Å². The molecule has 1 heterocycles. The van der Waals surface area contributed by atoms with Gasteiger partial charge in [0.1, 0.15) is 35.4 Å². The van der Waals surface area contributed by atoms with Crippen LogP contribution in [0, 0.1) is 0 Å². The Morgan fingerprint density at radius 2 is 1.23 bits per heavy atom. The maximum Gasteiger partial charge on any atom is 0.192 e. The molecule has 4 atom stereocenters. The highest BCUT2D eigenvalue weighted by Gasteiger charge is 2.50. The first-order valence-corrected chi connectivity index (χ1v) is 20.0. The Balaban J connectivity index is 1.78. The average molecular weight is 625 g/mol. The number of methoxy groups -OCH3 is 2. The van der Waals surface area contributed by atoms with Gasteiger partial charge in [-0.25, -0.2) is 0 Å². The molecule has 3 aromatic carbocycles. The van der Waals surface area contributed by atoms with E-state index in [9.17, 15) is 0 Å². The molecular formula is C35H49O6PSi. The molecule has 4 rings (SSSR count). The number of hydrogen-bond acceptors (Lipinski definition) is 6. The Morgan fingerprint density at radius 1 is 0.744 bits per heavy atom. The van der Waals surface area contributed by atoms with E-state index < -0.39 is 22.1 Å². The van der Waals surface area contributed by atoms with Crippen LogP contribution in [0.15, 0.2) is 78.9 Å². The van der Waals surface area contributed by atoms with Gasteiger partial charge in [0.25, 0.3) is 0 Å². The molecule has 0 N–H and O–H groups in total. The highest BCUT2D eigenvalue weighted by Crippen LogP contribution is 2.45. The summed E-state index contributed by atoms with van der Waals surface area (Å²) >= 11 is 0. The average Bonchev–Trinajstić information content (AvgIpc) is 3.26. The van der Waals surface area contributed by atoms with Gasteiger partial charge < -0.3 is 27.9 Å². The molecule has 234 valence electrons. The van der Waals surface area contributed by atoms with E-state index in [1.807, 2.05) is 42.5 Å². The van der Waals surface area contributed by atoms with Gasteiger partial charge in [-0.1, -0.05) is 75.4 Å². The molecule has 0 radical (unpaired) electrons. The highest BCUT2D eigenvalue weighted by atomic mass is 31.1. The molecule has 8 heteroatoms. The standard InChI is InChI=1S/C35H49O6PSi/c1-25-32(41-43(9,10)34(2,3)4)33(40-42(7)8)31(39-25)24-38-35(26-14-12-11-13-15-26,27-16-20-29(36-5)21-17-27)28-18-22-30(37-6)23-19-28/h11-23,25,31-33H,24H2,1-10H3/t25-,31+,32-,33+/m0/s1. The second kappa shape index (κ2) is 13.8. The fourth-order valence-electron chi connectivity index (χ4n) is 5.38. The first-order chi connectivity index (χ1) is 20.3. The molecule has 43 heavy (non-hydrogen) atoms. The summed E-state index contributed by atoms with van der Waals surface area (Å²) in [6.07, 6.45) is -0.858. The summed E-state index contributed by atoms with van der Waals surface area (Å²) in [6, 6.07) is 26.5. The van der Waals surface area contributed by atoms with E-state index in [-0.39, 0.29) is 29.5 Å². The summed E-state index contributed by atoms with van der Waals surface area (Å²) in [5.41, 5.74) is 2.04. The SMILES string of the molecule is COc1ccc(C(OC[C@H]2O[C@@H](C)[C@H](O[Si](C)(C)C(C)(C)C)[C@@H]2OP(C)C)(c2ccccc2)c2ccc(OC)cc2)cc1. The molecule has 0 saturated carbocycles. The normalized spacial score (nSPS) is 21.3. The van der Waals surface area contributed by atoms with Crippen molar-refractivity contribution in [2.45, 2.75) is 75.8 Å². The lowest BCUT2D eigenvalue weighted by Crippen LogP contribution is -2.49. The lowest BCUT2D eigenvalue weighted by atomic mass is 9.80. The second-order valence-electron chi connectivity index (χ2n) is 12.9. The van der Waals surface area contributed by atoms with Crippen LogP contribution in [0.2, 0.25) is 18.1 Å². The van der Waals surface area contributed by atoms with Crippen molar-refractivity contribution in [1.29, 1.82) is 0 Å². The van der Waals surface area contributed by atoms with Crippen LogP contribution in [-0.2, 0) is 24.0 Å². The van der Waals surface area contributed by atoms with Crippen LogP contribution in [0.5, 0.6) is 11.5 Å². The van der Waals surface area contributed by atoms with Crippen molar-refractivity contribution < 1.29 is 27.9 Å². The number of ether oxygens (including phenoxy) is 4. The van der Waals surface area contributed by atoms with E-state index in [1.54, 1.807) is 14.2 Å². The van der Waals surface area contributed by atoms with E-state index in [4.69, 9.17) is 27.9 Å². The minimum atomic E-state index is -2.09. The van der Waals surface area contributed by atoms with Crippen molar-refractivity contribution in [1.82, 2.24) is 0 Å².